The molecule has 2 aromatic heterocycles. The Bertz CT molecular complexity index is 1090. The van der Waals surface area contributed by atoms with Gasteiger partial charge in [0.1, 0.15) is 17.9 Å². The van der Waals surface area contributed by atoms with Gasteiger partial charge in [0, 0.05) is 17.8 Å². The van der Waals surface area contributed by atoms with Crippen LogP contribution in [-0.4, -0.2) is 53.2 Å². The molecular weight excluding hydrogens is 364 g/mol. The Morgan fingerprint density at radius 1 is 1.21 bits per heavy atom. The van der Waals surface area contributed by atoms with E-state index in [1.165, 1.54) is 6.42 Å². The zero-order valence-corrected chi connectivity index (χ0v) is 17.0. The number of hydrogen-bond acceptors (Lipinski definition) is 6. The van der Waals surface area contributed by atoms with Gasteiger partial charge in [-0.05, 0) is 75.2 Å². The monoisotopic (exact) mass is 388 g/mol. The molecule has 0 unspecified atom stereocenters. The van der Waals surface area contributed by atoms with Gasteiger partial charge in [-0.15, -0.1) is 0 Å². The predicted octanol–water partition coefficient (Wildman–Crippen LogP) is 3.21. The van der Waals surface area contributed by atoms with Gasteiger partial charge in [-0.1, -0.05) is 5.92 Å². The number of nitrogens with zero attached hydrogens (tertiary/aromatic N) is 4. The molecule has 0 aliphatic carbocycles. The van der Waals surface area contributed by atoms with Crippen molar-refractivity contribution >= 4 is 11.2 Å². The molecule has 6 heteroatoms. The fourth-order valence-electron chi connectivity index (χ4n) is 3.45. The fraction of sp³-hybridized carbons (Fsp3) is 0.348. The van der Waals surface area contributed by atoms with Crippen molar-refractivity contribution in [1.29, 1.82) is 0 Å². The minimum atomic E-state index is 0.394. The van der Waals surface area contributed by atoms with Crippen LogP contribution in [0.1, 0.15) is 29.7 Å². The molecule has 0 amide bonds. The van der Waals surface area contributed by atoms with Gasteiger partial charge < -0.3 is 14.4 Å². The fourth-order valence-corrected chi connectivity index (χ4v) is 3.45. The lowest BCUT2D eigenvalue weighted by Crippen LogP contribution is -2.30. The third-order valence-electron chi connectivity index (χ3n) is 5.24. The van der Waals surface area contributed by atoms with E-state index >= 15 is 0 Å². The quantitative estimate of drug-likeness (QED) is 0.640. The molecule has 0 saturated carbocycles. The minimum absolute atomic E-state index is 0.394. The molecule has 0 N–H and O–H groups in total. The summed E-state index contributed by atoms with van der Waals surface area (Å²) in [7, 11) is 3.79. The van der Waals surface area contributed by atoms with Gasteiger partial charge in [0.05, 0.1) is 7.11 Å². The van der Waals surface area contributed by atoms with Crippen molar-refractivity contribution in [3.8, 4) is 23.5 Å². The number of ether oxygens (including phenoxy) is 2. The van der Waals surface area contributed by atoms with Crippen molar-refractivity contribution in [2.45, 2.75) is 25.8 Å². The number of likely N-dealkylation sites (N-methyl/N-ethyl adjacent to an activating group) is 1. The van der Waals surface area contributed by atoms with Gasteiger partial charge in [-0.3, -0.25) is 0 Å². The summed E-state index contributed by atoms with van der Waals surface area (Å²) in [5.41, 5.74) is 3.73. The average Bonchev–Trinajstić information content (AvgIpc) is 3.15. The molecule has 1 saturated heterocycles. The van der Waals surface area contributed by atoms with E-state index in [4.69, 9.17) is 9.47 Å². The molecule has 6 nitrogen and oxygen atoms in total. The highest BCUT2D eigenvalue weighted by molar-refractivity contribution is 5.71. The molecule has 29 heavy (non-hydrogen) atoms. The second-order valence-corrected chi connectivity index (χ2v) is 7.24. The molecule has 148 valence electrons. The molecule has 1 aliphatic rings. The predicted molar refractivity (Wildman–Crippen MR) is 112 cm³/mol. The molecule has 1 aliphatic heterocycles. The summed E-state index contributed by atoms with van der Waals surface area (Å²) in [4.78, 5) is 15.9. The topological polar surface area (TPSA) is 60.4 Å². The first kappa shape index (κ1) is 19.2. The number of aryl methyl sites for hydroxylation is 1. The van der Waals surface area contributed by atoms with E-state index in [0.29, 0.717) is 35.4 Å². The normalized spacial score (nSPS) is 16.4. The van der Waals surface area contributed by atoms with E-state index in [0.717, 1.165) is 29.8 Å². The Morgan fingerprint density at radius 2 is 2.10 bits per heavy atom. The molecule has 1 fully saturated rings. The highest BCUT2D eigenvalue weighted by Gasteiger charge is 2.22. The summed E-state index contributed by atoms with van der Waals surface area (Å²) in [5, 5.41) is 0. The second-order valence-electron chi connectivity index (χ2n) is 7.24. The van der Waals surface area contributed by atoms with Gasteiger partial charge in [-0.2, -0.15) is 0 Å². The zero-order chi connectivity index (χ0) is 20.2. The Morgan fingerprint density at radius 3 is 2.86 bits per heavy atom. The smallest absolute Gasteiger partial charge is 0.249 e. The van der Waals surface area contributed by atoms with E-state index < -0.39 is 0 Å². The molecular formula is C23H24N4O2. The van der Waals surface area contributed by atoms with Crippen LogP contribution in [0.15, 0.2) is 36.5 Å². The van der Waals surface area contributed by atoms with E-state index in [-0.39, 0.29) is 0 Å². The molecule has 0 radical (unpaired) electrons. The van der Waals surface area contributed by atoms with Crippen molar-refractivity contribution < 1.29 is 9.47 Å². The molecule has 3 aromatic rings. The van der Waals surface area contributed by atoms with Crippen LogP contribution in [0, 0.1) is 18.8 Å². The van der Waals surface area contributed by atoms with Gasteiger partial charge >= 0.3 is 0 Å². The van der Waals surface area contributed by atoms with Crippen LogP contribution < -0.4 is 9.47 Å². The number of rotatable bonds is 4. The van der Waals surface area contributed by atoms with Gasteiger partial charge in [0.15, 0.2) is 11.3 Å². The summed E-state index contributed by atoms with van der Waals surface area (Å²) >= 11 is 0. The Kier molecular flexibility index (Phi) is 5.59. The van der Waals surface area contributed by atoms with E-state index in [9.17, 15) is 0 Å². The van der Waals surface area contributed by atoms with Crippen molar-refractivity contribution in [2.24, 2.45) is 0 Å². The highest BCUT2D eigenvalue weighted by atomic mass is 16.5. The second kappa shape index (κ2) is 8.46. The van der Waals surface area contributed by atoms with Crippen LogP contribution in [0.2, 0.25) is 0 Å². The summed E-state index contributed by atoms with van der Waals surface area (Å²) in [6.45, 7) is 3.69. The summed E-state index contributed by atoms with van der Waals surface area (Å²) in [5.74, 6) is 7.61. The zero-order valence-electron chi connectivity index (χ0n) is 17.0. The summed E-state index contributed by atoms with van der Waals surface area (Å²) in [6, 6.07) is 9.93. The average molecular weight is 388 g/mol. The van der Waals surface area contributed by atoms with Crippen LogP contribution >= 0.6 is 0 Å². The molecule has 1 aromatic carbocycles. The third-order valence-corrected chi connectivity index (χ3v) is 5.24. The van der Waals surface area contributed by atoms with Crippen LogP contribution in [0.5, 0.6) is 11.6 Å². The first-order chi connectivity index (χ1) is 14.1. The Balaban J connectivity index is 1.67. The maximum absolute atomic E-state index is 6.09. The van der Waals surface area contributed by atoms with Crippen LogP contribution in [0.25, 0.3) is 11.2 Å². The number of fused-ring (bicyclic) bond motifs is 1. The van der Waals surface area contributed by atoms with Gasteiger partial charge in [-0.25, -0.2) is 15.0 Å². The minimum Gasteiger partial charge on any atom is -0.497 e. The van der Waals surface area contributed by atoms with Crippen molar-refractivity contribution in [1.82, 2.24) is 19.9 Å². The third kappa shape index (κ3) is 4.30. The number of pyridine rings is 1. The standard InChI is InChI=1S/C23H24N4O2/c1-16-14-19(28-3)10-8-17(16)9-11-21-23(29-15-18-6-5-13-27(18)2)26-20-7-4-12-24-22(20)25-21/h4,7-8,10,12,14,18H,5-6,13,15H2,1-3H3/t18-/m0/s1. The summed E-state index contributed by atoms with van der Waals surface area (Å²) in [6.07, 6.45) is 4.03. The van der Waals surface area contributed by atoms with Gasteiger partial charge in [0.25, 0.3) is 0 Å². The van der Waals surface area contributed by atoms with Crippen LogP contribution in [0.4, 0.5) is 0 Å². The largest absolute Gasteiger partial charge is 0.497 e. The van der Waals surface area contributed by atoms with Crippen molar-refractivity contribution in [3.63, 3.8) is 0 Å². The van der Waals surface area contributed by atoms with Crippen molar-refractivity contribution in [2.75, 3.05) is 27.3 Å². The number of aromatic nitrogens is 3. The number of hydrogen-bond donors (Lipinski definition) is 0. The molecule has 4 rings (SSSR count). The Hall–Kier alpha value is -3.17. The number of methoxy groups -OCH3 is 1. The SMILES string of the molecule is COc1ccc(C#Cc2nc3ncccc3nc2OC[C@@H]2CCCN2C)c(C)c1. The van der Waals surface area contributed by atoms with Crippen molar-refractivity contribution in [3.05, 3.63) is 53.3 Å². The molecule has 0 spiro atoms. The first-order valence-corrected chi connectivity index (χ1v) is 9.76. The Labute approximate surface area is 170 Å². The number of benzene rings is 1. The van der Waals surface area contributed by atoms with Crippen LogP contribution in [-0.2, 0) is 0 Å². The lowest BCUT2D eigenvalue weighted by Gasteiger charge is -2.19. The molecule has 1 atom stereocenters. The van der Waals surface area contributed by atoms with E-state index in [1.807, 2.05) is 37.3 Å². The summed E-state index contributed by atoms with van der Waals surface area (Å²) < 4.78 is 11.4. The first-order valence-electron chi connectivity index (χ1n) is 9.76. The number of likely N-dealkylation sites (tertiary alicyclic amines) is 1. The molecule has 3 heterocycles. The van der Waals surface area contributed by atoms with Gasteiger partial charge in [0.2, 0.25) is 5.88 Å². The van der Waals surface area contributed by atoms with E-state index in [2.05, 4.69) is 38.7 Å². The molecule has 0 bridgehead atoms. The lowest BCUT2D eigenvalue weighted by molar-refractivity contribution is 0.193. The lowest BCUT2D eigenvalue weighted by atomic mass is 10.1. The highest BCUT2D eigenvalue weighted by Crippen LogP contribution is 2.21. The maximum Gasteiger partial charge on any atom is 0.249 e. The van der Waals surface area contributed by atoms with Crippen LogP contribution in [0.3, 0.4) is 0 Å². The maximum atomic E-state index is 6.09. The van der Waals surface area contributed by atoms with E-state index in [1.54, 1.807) is 13.3 Å².